The van der Waals surface area contributed by atoms with Crippen LogP contribution in [0.5, 0.6) is 23.0 Å². The quantitative estimate of drug-likeness (QED) is 0.304. The van der Waals surface area contributed by atoms with Crippen molar-refractivity contribution in [1.82, 2.24) is 14.9 Å². The average Bonchev–Trinajstić information content (AvgIpc) is 3.46. The predicted molar refractivity (Wildman–Crippen MR) is 143 cm³/mol. The number of aromatic nitrogens is 2. The molecule has 206 valence electrons. The lowest BCUT2D eigenvalue weighted by Gasteiger charge is -2.26. The highest BCUT2D eigenvalue weighted by Crippen LogP contribution is 2.45. The molecular weight excluding hydrogens is 507 g/mol. The van der Waals surface area contributed by atoms with E-state index in [4.69, 9.17) is 28.4 Å². The Labute approximate surface area is 226 Å². The first-order chi connectivity index (χ1) is 19.2. The lowest BCUT2D eigenvalue weighted by molar-refractivity contribution is 0.0357. The summed E-state index contributed by atoms with van der Waals surface area (Å²) in [5.41, 5.74) is 1.13. The summed E-state index contributed by atoms with van der Waals surface area (Å²) in [4.78, 5) is 11.1. The molecule has 0 radical (unpaired) electrons. The number of anilines is 2. The number of ether oxygens (including phenoxy) is 6. The molecule has 0 spiro atoms. The highest BCUT2D eigenvalue weighted by Gasteiger charge is 2.26. The summed E-state index contributed by atoms with van der Waals surface area (Å²) in [7, 11) is 3.17. The van der Waals surface area contributed by atoms with Gasteiger partial charge >= 0.3 is 0 Å². The highest BCUT2D eigenvalue weighted by atomic mass is 19.1. The maximum Gasteiger partial charge on any atom is 0.231 e. The Morgan fingerprint density at radius 3 is 2.72 bits per heavy atom. The number of hydrogen-bond acceptors (Lipinski definition) is 10. The van der Waals surface area contributed by atoms with E-state index in [0.29, 0.717) is 59.2 Å². The maximum absolute atomic E-state index is 15.3. The Hall–Kier alpha value is -3.85. The second kappa shape index (κ2) is 12.8. The summed E-state index contributed by atoms with van der Waals surface area (Å²) in [5.74, 6) is 7.45. The van der Waals surface area contributed by atoms with E-state index in [2.05, 4.69) is 32.0 Å². The van der Waals surface area contributed by atoms with Crippen LogP contribution in [0, 0.1) is 17.7 Å². The van der Waals surface area contributed by atoms with Gasteiger partial charge in [0.05, 0.1) is 44.6 Å². The molecule has 5 rings (SSSR count). The van der Waals surface area contributed by atoms with Gasteiger partial charge in [-0.05, 0) is 18.6 Å². The number of nitrogens with one attached hydrogen (secondary N) is 1. The Morgan fingerprint density at radius 1 is 1.05 bits per heavy atom. The molecule has 1 fully saturated rings. The van der Waals surface area contributed by atoms with E-state index in [1.165, 1.54) is 12.4 Å². The van der Waals surface area contributed by atoms with Crippen LogP contribution in [-0.4, -0.2) is 81.9 Å². The monoisotopic (exact) mass is 538 g/mol. The molecule has 0 aliphatic carbocycles. The van der Waals surface area contributed by atoms with Crippen LogP contribution in [0.15, 0.2) is 24.5 Å². The molecule has 1 N–H and O–H groups in total. The average molecular weight is 539 g/mol. The van der Waals surface area contributed by atoms with Crippen molar-refractivity contribution in [1.29, 1.82) is 0 Å². The Balaban J connectivity index is 1.36. The number of halogens is 1. The van der Waals surface area contributed by atoms with E-state index >= 15 is 4.39 Å². The number of fused-ring (bicyclic) bond motifs is 2. The third-order valence-electron chi connectivity index (χ3n) is 6.39. The third kappa shape index (κ3) is 6.25. The van der Waals surface area contributed by atoms with Gasteiger partial charge in [-0.25, -0.2) is 14.4 Å². The SMILES string of the molecule is COCCC#Cc1cc(F)c(Nc2ncnc3cc(OCCCN4CCOCC4)c(OC)cc23)c2c1OCO2. The zero-order valence-corrected chi connectivity index (χ0v) is 22.0. The molecule has 10 nitrogen and oxygen atoms in total. The van der Waals surface area contributed by atoms with Crippen molar-refractivity contribution >= 4 is 22.4 Å². The van der Waals surface area contributed by atoms with E-state index < -0.39 is 5.82 Å². The number of hydrogen-bond donors (Lipinski definition) is 1. The lowest BCUT2D eigenvalue weighted by Crippen LogP contribution is -2.37. The van der Waals surface area contributed by atoms with E-state index in [0.717, 1.165) is 39.3 Å². The number of rotatable bonds is 10. The fourth-order valence-corrected chi connectivity index (χ4v) is 4.41. The second-order valence-corrected chi connectivity index (χ2v) is 8.91. The van der Waals surface area contributed by atoms with Crippen molar-refractivity contribution in [3.63, 3.8) is 0 Å². The molecule has 0 atom stereocenters. The minimum Gasteiger partial charge on any atom is -0.493 e. The highest BCUT2D eigenvalue weighted by molar-refractivity contribution is 5.94. The molecule has 0 unspecified atom stereocenters. The van der Waals surface area contributed by atoms with Crippen LogP contribution in [0.25, 0.3) is 10.9 Å². The van der Waals surface area contributed by atoms with Gasteiger partial charge in [-0.15, -0.1) is 0 Å². The number of methoxy groups -OCH3 is 2. The van der Waals surface area contributed by atoms with Crippen LogP contribution < -0.4 is 24.3 Å². The second-order valence-electron chi connectivity index (χ2n) is 8.91. The van der Waals surface area contributed by atoms with Gasteiger partial charge < -0.3 is 33.7 Å². The Bertz CT molecular complexity index is 1370. The summed E-state index contributed by atoms with van der Waals surface area (Å²) in [6, 6.07) is 4.90. The molecule has 0 amide bonds. The molecule has 2 aliphatic rings. The normalized spacial score (nSPS) is 14.6. The summed E-state index contributed by atoms with van der Waals surface area (Å²) < 4.78 is 48.6. The fourth-order valence-electron chi connectivity index (χ4n) is 4.41. The molecule has 1 saturated heterocycles. The molecule has 0 bridgehead atoms. The summed E-state index contributed by atoms with van der Waals surface area (Å²) in [6.07, 6.45) is 2.80. The van der Waals surface area contributed by atoms with Crippen molar-refractivity contribution in [2.75, 3.05) is 72.4 Å². The van der Waals surface area contributed by atoms with E-state index in [-0.39, 0.29) is 18.2 Å². The number of nitrogens with zero attached hydrogens (tertiary/aromatic N) is 3. The first-order valence-corrected chi connectivity index (χ1v) is 12.8. The molecule has 2 aliphatic heterocycles. The molecule has 3 heterocycles. The maximum atomic E-state index is 15.3. The van der Waals surface area contributed by atoms with Crippen LogP contribution in [0.3, 0.4) is 0 Å². The number of benzene rings is 2. The predicted octanol–water partition coefficient (Wildman–Crippen LogP) is 3.74. The number of morpholine rings is 1. The van der Waals surface area contributed by atoms with E-state index in [1.54, 1.807) is 26.4 Å². The minimum absolute atomic E-state index is 0.0369. The lowest BCUT2D eigenvalue weighted by atomic mass is 10.1. The first kappa shape index (κ1) is 26.7. The zero-order chi connectivity index (χ0) is 27.0. The standard InChI is InChI=1S/C28H31FN4O6/c1-34-10-4-3-6-19-14-21(29)25(27-26(19)38-18-39-27)32-28-20-15-23(35-2)24(16-22(20)30-17-31-28)37-11-5-7-33-8-12-36-13-9-33/h14-17H,4-5,7-13,18H2,1-2H3,(H,30,31,32). The molecular formula is C28H31FN4O6. The molecule has 1 aromatic heterocycles. The van der Waals surface area contributed by atoms with Gasteiger partial charge in [-0.2, -0.15) is 0 Å². The third-order valence-corrected chi connectivity index (χ3v) is 6.39. The minimum atomic E-state index is -0.547. The Morgan fingerprint density at radius 2 is 1.90 bits per heavy atom. The van der Waals surface area contributed by atoms with Gasteiger partial charge in [0.25, 0.3) is 0 Å². The smallest absolute Gasteiger partial charge is 0.231 e. The van der Waals surface area contributed by atoms with Crippen LogP contribution in [0.1, 0.15) is 18.4 Å². The van der Waals surface area contributed by atoms with Gasteiger partial charge in [-0.3, -0.25) is 4.90 Å². The molecule has 3 aromatic rings. The van der Waals surface area contributed by atoms with Crippen LogP contribution in [0.2, 0.25) is 0 Å². The zero-order valence-electron chi connectivity index (χ0n) is 22.0. The summed E-state index contributed by atoms with van der Waals surface area (Å²) >= 11 is 0. The fraction of sp³-hybridized carbons (Fsp3) is 0.429. The van der Waals surface area contributed by atoms with Crippen molar-refractivity contribution in [3.8, 4) is 34.8 Å². The van der Waals surface area contributed by atoms with Crippen LogP contribution in [0.4, 0.5) is 15.9 Å². The van der Waals surface area contributed by atoms with Gasteiger partial charge in [0.2, 0.25) is 6.79 Å². The molecule has 2 aromatic carbocycles. The van der Waals surface area contributed by atoms with Gasteiger partial charge in [0, 0.05) is 44.6 Å². The van der Waals surface area contributed by atoms with E-state index in [9.17, 15) is 0 Å². The summed E-state index contributed by atoms with van der Waals surface area (Å²) in [5, 5.41) is 3.70. The topological polar surface area (TPSA) is 96.4 Å². The van der Waals surface area contributed by atoms with Crippen LogP contribution in [-0.2, 0) is 9.47 Å². The van der Waals surface area contributed by atoms with Gasteiger partial charge in [-0.1, -0.05) is 11.8 Å². The summed E-state index contributed by atoms with van der Waals surface area (Å²) in [6.45, 7) is 5.35. The van der Waals surface area contributed by atoms with Gasteiger partial charge in [0.1, 0.15) is 17.8 Å². The van der Waals surface area contributed by atoms with Crippen molar-refractivity contribution in [2.24, 2.45) is 0 Å². The first-order valence-electron chi connectivity index (χ1n) is 12.8. The molecule has 11 heteroatoms. The molecule has 39 heavy (non-hydrogen) atoms. The molecule has 0 saturated carbocycles. The van der Waals surface area contributed by atoms with Crippen molar-refractivity contribution in [2.45, 2.75) is 12.8 Å². The Kier molecular flexibility index (Phi) is 8.78. The van der Waals surface area contributed by atoms with Crippen LogP contribution >= 0.6 is 0 Å². The largest absolute Gasteiger partial charge is 0.493 e. The van der Waals surface area contributed by atoms with E-state index in [1.807, 2.05) is 0 Å². The van der Waals surface area contributed by atoms with Crippen molar-refractivity contribution in [3.05, 3.63) is 35.9 Å². The van der Waals surface area contributed by atoms with Crippen molar-refractivity contribution < 1.29 is 32.8 Å². The van der Waals surface area contributed by atoms with Gasteiger partial charge in [0.15, 0.2) is 28.8 Å².